The van der Waals surface area contributed by atoms with Gasteiger partial charge in [0.25, 0.3) is 0 Å². The standard InChI is InChI=1S/C26H24N2O4/c1-17(2)31-24(18-10-4-3-5-11-18)25(29)32-23-16-19-12-6-8-14-21(19)28(26(27)30)22-15-9-7-13-20(22)23/h3-15,23-24H,1,16H2,2H3,(H2,27,30). The van der Waals surface area contributed by atoms with E-state index in [4.69, 9.17) is 15.2 Å². The van der Waals surface area contributed by atoms with Crippen LogP contribution in [0, 0.1) is 0 Å². The van der Waals surface area contributed by atoms with Crippen molar-refractivity contribution in [2.75, 3.05) is 4.90 Å². The maximum Gasteiger partial charge on any atom is 0.352 e. The molecule has 2 unspecified atom stereocenters. The average molecular weight is 428 g/mol. The molecule has 1 heterocycles. The quantitative estimate of drug-likeness (QED) is 0.440. The minimum atomic E-state index is -0.952. The summed E-state index contributed by atoms with van der Waals surface area (Å²) in [6, 6.07) is 23.3. The van der Waals surface area contributed by atoms with E-state index in [2.05, 4.69) is 6.58 Å². The third-order valence-electron chi connectivity index (χ3n) is 5.28. The second-order valence-electron chi connectivity index (χ2n) is 7.60. The molecule has 0 aliphatic carbocycles. The largest absolute Gasteiger partial charge is 0.479 e. The fraction of sp³-hybridized carbons (Fsp3) is 0.154. The smallest absolute Gasteiger partial charge is 0.352 e. The van der Waals surface area contributed by atoms with Crippen molar-refractivity contribution in [3.63, 3.8) is 0 Å². The molecule has 0 fully saturated rings. The van der Waals surface area contributed by atoms with E-state index in [0.29, 0.717) is 34.7 Å². The van der Waals surface area contributed by atoms with Crippen LogP contribution in [-0.2, 0) is 20.7 Å². The number of nitrogens with two attached hydrogens (primary N) is 1. The fourth-order valence-electron chi connectivity index (χ4n) is 3.93. The Morgan fingerprint density at radius 3 is 2.28 bits per heavy atom. The maximum absolute atomic E-state index is 13.3. The lowest BCUT2D eigenvalue weighted by atomic mass is 10.0. The summed E-state index contributed by atoms with van der Waals surface area (Å²) in [6.45, 7) is 5.46. The Kier molecular flexibility index (Phi) is 5.94. The predicted molar refractivity (Wildman–Crippen MR) is 122 cm³/mol. The van der Waals surface area contributed by atoms with E-state index in [-0.39, 0.29) is 0 Å². The summed E-state index contributed by atoms with van der Waals surface area (Å²) in [5, 5.41) is 0. The molecule has 0 aromatic heterocycles. The number of primary amides is 1. The average Bonchev–Trinajstić information content (AvgIpc) is 2.92. The highest BCUT2D eigenvalue weighted by atomic mass is 16.6. The summed E-state index contributed by atoms with van der Waals surface area (Å²) in [7, 11) is 0. The number of allylic oxidation sites excluding steroid dienone is 1. The van der Waals surface area contributed by atoms with Crippen LogP contribution >= 0.6 is 0 Å². The van der Waals surface area contributed by atoms with E-state index >= 15 is 0 Å². The molecule has 162 valence electrons. The van der Waals surface area contributed by atoms with Gasteiger partial charge in [-0.1, -0.05) is 73.3 Å². The third kappa shape index (κ3) is 4.21. The van der Waals surface area contributed by atoms with Crippen molar-refractivity contribution >= 4 is 23.4 Å². The number of hydrogen-bond acceptors (Lipinski definition) is 4. The molecule has 3 aromatic carbocycles. The van der Waals surface area contributed by atoms with Crippen LogP contribution in [0.1, 0.15) is 35.8 Å². The summed E-state index contributed by atoms with van der Waals surface area (Å²) < 4.78 is 11.8. The number of nitrogens with zero attached hydrogens (tertiary/aromatic N) is 1. The minimum Gasteiger partial charge on any atom is -0.479 e. The molecule has 6 heteroatoms. The van der Waals surface area contributed by atoms with Crippen LogP contribution in [-0.4, -0.2) is 12.0 Å². The van der Waals surface area contributed by atoms with E-state index in [9.17, 15) is 9.59 Å². The lowest BCUT2D eigenvalue weighted by Crippen LogP contribution is -2.32. The van der Waals surface area contributed by atoms with Gasteiger partial charge in [-0.05, 0) is 24.6 Å². The van der Waals surface area contributed by atoms with Crippen molar-refractivity contribution in [3.05, 3.63) is 108 Å². The number of anilines is 2. The molecular weight excluding hydrogens is 404 g/mol. The van der Waals surface area contributed by atoms with Crippen LogP contribution in [0.5, 0.6) is 0 Å². The number of carbonyl (C=O) groups is 2. The van der Waals surface area contributed by atoms with Crippen LogP contribution in [0.25, 0.3) is 0 Å². The monoisotopic (exact) mass is 428 g/mol. The normalized spacial score (nSPS) is 15.5. The SMILES string of the molecule is C=C(C)OC(C(=O)OC1Cc2ccccc2N(C(N)=O)c2ccccc21)c1ccccc1. The first-order chi connectivity index (χ1) is 15.5. The molecule has 0 saturated carbocycles. The van der Waals surface area contributed by atoms with Crippen molar-refractivity contribution in [1.29, 1.82) is 0 Å². The number of esters is 1. The molecule has 2 amide bonds. The summed E-state index contributed by atoms with van der Waals surface area (Å²) in [6.07, 6.45) is -1.20. The zero-order valence-corrected chi connectivity index (χ0v) is 17.7. The molecule has 0 saturated heterocycles. The number of fused-ring (bicyclic) bond motifs is 2. The highest BCUT2D eigenvalue weighted by Gasteiger charge is 2.33. The van der Waals surface area contributed by atoms with Gasteiger partial charge in [-0.2, -0.15) is 0 Å². The molecule has 0 radical (unpaired) electrons. The Morgan fingerprint density at radius 1 is 0.969 bits per heavy atom. The van der Waals surface area contributed by atoms with E-state index < -0.39 is 24.2 Å². The first kappa shape index (κ1) is 21.2. The Labute approximate surface area is 186 Å². The third-order valence-corrected chi connectivity index (χ3v) is 5.28. The number of hydrogen-bond donors (Lipinski definition) is 1. The minimum absolute atomic E-state index is 0.386. The van der Waals surface area contributed by atoms with Gasteiger partial charge < -0.3 is 15.2 Å². The van der Waals surface area contributed by atoms with E-state index in [1.807, 2.05) is 60.7 Å². The molecular formula is C26H24N2O4. The van der Waals surface area contributed by atoms with E-state index in [1.165, 1.54) is 4.90 Å². The molecule has 1 aliphatic rings. The second kappa shape index (κ2) is 8.98. The Bertz CT molecular complexity index is 1160. The number of rotatable bonds is 5. The van der Waals surface area contributed by atoms with Gasteiger partial charge in [0.2, 0.25) is 6.10 Å². The van der Waals surface area contributed by atoms with Gasteiger partial charge >= 0.3 is 12.0 Å². The van der Waals surface area contributed by atoms with Gasteiger partial charge in [-0.3, -0.25) is 4.90 Å². The van der Waals surface area contributed by atoms with Crippen molar-refractivity contribution in [2.24, 2.45) is 5.73 Å². The van der Waals surface area contributed by atoms with Crippen molar-refractivity contribution < 1.29 is 19.1 Å². The zero-order chi connectivity index (χ0) is 22.7. The fourth-order valence-corrected chi connectivity index (χ4v) is 3.93. The molecule has 32 heavy (non-hydrogen) atoms. The summed E-state index contributed by atoms with van der Waals surface area (Å²) in [4.78, 5) is 27.1. The Balaban J connectivity index is 1.74. The lowest BCUT2D eigenvalue weighted by Gasteiger charge is -2.24. The number of ether oxygens (including phenoxy) is 2. The van der Waals surface area contributed by atoms with Crippen molar-refractivity contribution in [2.45, 2.75) is 25.6 Å². The number of urea groups is 1. The van der Waals surface area contributed by atoms with Gasteiger partial charge in [-0.25, -0.2) is 9.59 Å². The maximum atomic E-state index is 13.3. The van der Waals surface area contributed by atoms with Crippen LogP contribution in [0.3, 0.4) is 0 Å². The summed E-state index contributed by atoms with van der Waals surface area (Å²) in [5.74, 6) is -0.133. The van der Waals surface area contributed by atoms with Gasteiger partial charge in [0.15, 0.2) is 0 Å². The van der Waals surface area contributed by atoms with Gasteiger partial charge in [0.1, 0.15) is 6.10 Å². The van der Waals surface area contributed by atoms with E-state index in [0.717, 1.165) is 5.56 Å². The Hall–Kier alpha value is -4.06. The first-order valence-corrected chi connectivity index (χ1v) is 10.3. The van der Waals surface area contributed by atoms with Crippen LogP contribution < -0.4 is 10.6 Å². The molecule has 4 rings (SSSR count). The van der Waals surface area contributed by atoms with Crippen molar-refractivity contribution in [3.8, 4) is 0 Å². The van der Waals surface area contributed by atoms with Crippen LogP contribution in [0.2, 0.25) is 0 Å². The summed E-state index contributed by atoms with van der Waals surface area (Å²) in [5.41, 5.74) is 9.20. The molecule has 0 bridgehead atoms. The molecule has 2 atom stereocenters. The summed E-state index contributed by atoms with van der Waals surface area (Å²) >= 11 is 0. The molecule has 2 N–H and O–H groups in total. The zero-order valence-electron chi connectivity index (χ0n) is 17.7. The van der Waals surface area contributed by atoms with Crippen LogP contribution in [0.4, 0.5) is 16.2 Å². The van der Waals surface area contributed by atoms with Crippen molar-refractivity contribution in [1.82, 2.24) is 0 Å². The number of benzene rings is 3. The molecule has 1 aliphatic heterocycles. The highest BCUT2D eigenvalue weighted by Crippen LogP contribution is 2.42. The topological polar surface area (TPSA) is 81.9 Å². The molecule has 3 aromatic rings. The first-order valence-electron chi connectivity index (χ1n) is 10.3. The Morgan fingerprint density at radius 2 is 1.59 bits per heavy atom. The number of carbonyl (C=O) groups excluding carboxylic acids is 2. The molecule has 0 spiro atoms. The number of para-hydroxylation sites is 2. The lowest BCUT2D eigenvalue weighted by molar-refractivity contribution is -0.161. The van der Waals surface area contributed by atoms with Gasteiger partial charge in [-0.15, -0.1) is 0 Å². The number of amides is 2. The van der Waals surface area contributed by atoms with Gasteiger partial charge in [0, 0.05) is 17.5 Å². The van der Waals surface area contributed by atoms with E-state index in [1.54, 1.807) is 25.1 Å². The van der Waals surface area contributed by atoms with Gasteiger partial charge in [0.05, 0.1) is 17.1 Å². The second-order valence-corrected chi connectivity index (χ2v) is 7.60. The molecule has 6 nitrogen and oxygen atoms in total. The highest BCUT2D eigenvalue weighted by molar-refractivity contribution is 6.00. The predicted octanol–water partition coefficient (Wildman–Crippen LogP) is 5.34. The van der Waals surface area contributed by atoms with Crippen LogP contribution in [0.15, 0.2) is 91.2 Å².